The van der Waals surface area contributed by atoms with Gasteiger partial charge in [0.25, 0.3) is 0 Å². The van der Waals surface area contributed by atoms with E-state index >= 15 is 0 Å². The molecule has 2 aromatic rings. The Kier molecular flexibility index (Phi) is 6.69. The maximum Gasteiger partial charge on any atom is 0.314 e. The number of hydrazine groups is 1. The van der Waals surface area contributed by atoms with Gasteiger partial charge in [0.05, 0.1) is 12.8 Å². The third kappa shape index (κ3) is 5.32. The molecule has 0 unspecified atom stereocenters. The lowest BCUT2D eigenvalue weighted by molar-refractivity contribution is -0.133. The molecule has 0 aliphatic carbocycles. The minimum absolute atomic E-state index is 0.254. The largest absolute Gasteiger partial charge is 0.495 e. The van der Waals surface area contributed by atoms with Crippen molar-refractivity contribution in [2.75, 3.05) is 17.7 Å². The molecule has 0 radical (unpaired) electrons. The number of nitrogens with one attached hydrogen (secondary N) is 3. The van der Waals surface area contributed by atoms with Gasteiger partial charge in [-0.25, -0.2) is 5.84 Å². The van der Waals surface area contributed by atoms with Gasteiger partial charge in [0, 0.05) is 12.1 Å². The van der Waals surface area contributed by atoms with Gasteiger partial charge in [-0.2, -0.15) is 0 Å². The molecule has 0 atom stereocenters. The van der Waals surface area contributed by atoms with Crippen molar-refractivity contribution in [3.8, 4) is 5.75 Å². The van der Waals surface area contributed by atoms with Crippen LogP contribution in [-0.4, -0.2) is 24.8 Å². The molecule has 0 aliphatic heterocycles. The van der Waals surface area contributed by atoms with Crippen molar-refractivity contribution in [1.29, 1.82) is 0 Å². The highest BCUT2D eigenvalue weighted by Gasteiger charge is 2.15. The van der Waals surface area contributed by atoms with Crippen LogP contribution in [-0.2, 0) is 20.8 Å². The molecule has 2 aromatic carbocycles. The van der Waals surface area contributed by atoms with Crippen molar-refractivity contribution in [1.82, 2.24) is 5.43 Å². The Labute approximate surface area is 150 Å². The molecule has 0 spiro atoms. The van der Waals surface area contributed by atoms with Gasteiger partial charge in [0.15, 0.2) is 0 Å². The minimum Gasteiger partial charge on any atom is -0.495 e. The number of anilines is 2. The van der Waals surface area contributed by atoms with Gasteiger partial charge in [-0.05, 0) is 36.2 Å². The summed E-state index contributed by atoms with van der Waals surface area (Å²) in [4.78, 5) is 35.2. The van der Waals surface area contributed by atoms with Crippen molar-refractivity contribution in [3.05, 3.63) is 54.1 Å². The van der Waals surface area contributed by atoms with Gasteiger partial charge in [0.1, 0.15) is 5.75 Å². The van der Waals surface area contributed by atoms with Crippen molar-refractivity contribution in [3.63, 3.8) is 0 Å². The molecule has 8 heteroatoms. The summed E-state index contributed by atoms with van der Waals surface area (Å²) in [5, 5.41) is 5.01. The molecule has 136 valence electrons. The summed E-state index contributed by atoms with van der Waals surface area (Å²) in [6.07, 6.45) is 0.787. The fourth-order valence-electron chi connectivity index (χ4n) is 2.20. The second kappa shape index (κ2) is 9.19. The zero-order valence-corrected chi connectivity index (χ0v) is 14.2. The predicted octanol–water partition coefficient (Wildman–Crippen LogP) is 1.19. The molecule has 0 saturated heterocycles. The minimum atomic E-state index is -0.807. The Hall–Kier alpha value is -3.39. The number of benzene rings is 2. The summed E-state index contributed by atoms with van der Waals surface area (Å²) in [6, 6.07) is 13.6. The molecule has 0 aromatic heterocycles. The van der Waals surface area contributed by atoms with Gasteiger partial charge in [-0.15, -0.1) is 0 Å². The monoisotopic (exact) mass is 356 g/mol. The van der Waals surface area contributed by atoms with Crippen LogP contribution >= 0.6 is 0 Å². The predicted molar refractivity (Wildman–Crippen MR) is 97.3 cm³/mol. The lowest BCUT2D eigenvalue weighted by atomic mass is 10.1. The number of nitrogens with two attached hydrogens (primary N) is 1. The zero-order valence-electron chi connectivity index (χ0n) is 14.2. The molecule has 2 rings (SSSR count). The number of carbonyl (C=O) groups is 3. The van der Waals surface area contributed by atoms with E-state index in [2.05, 4.69) is 16.1 Å². The molecule has 0 bridgehead atoms. The summed E-state index contributed by atoms with van der Waals surface area (Å²) in [6.45, 7) is 0. The van der Waals surface area contributed by atoms with Crippen LogP contribution in [0, 0.1) is 0 Å². The second-order valence-electron chi connectivity index (χ2n) is 5.37. The van der Waals surface area contributed by atoms with Crippen LogP contribution in [0.4, 0.5) is 11.4 Å². The van der Waals surface area contributed by atoms with Gasteiger partial charge in [-0.3, -0.25) is 19.8 Å². The second-order valence-corrected chi connectivity index (χ2v) is 5.37. The van der Waals surface area contributed by atoms with Gasteiger partial charge >= 0.3 is 11.8 Å². The average Bonchev–Trinajstić information content (AvgIpc) is 2.67. The first-order chi connectivity index (χ1) is 12.5. The fraction of sp³-hybridized carbons (Fsp3) is 0.167. The highest BCUT2D eigenvalue weighted by molar-refractivity contribution is 6.43. The van der Waals surface area contributed by atoms with Crippen LogP contribution in [0.25, 0.3) is 0 Å². The summed E-state index contributed by atoms with van der Waals surface area (Å²) < 4.78 is 5.12. The van der Waals surface area contributed by atoms with Crippen molar-refractivity contribution < 1.29 is 19.1 Å². The normalized spacial score (nSPS) is 9.92. The number of ether oxygens (including phenoxy) is 1. The van der Waals surface area contributed by atoms with E-state index in [-0.39, 0.29) is 12.3 Å². The number of hydrogen-bond donors (Lipinski definition) is 4. The number of amides is 3. The van der Waals surface area contributed by atoms with Crippen LogP contribution in [0.5, 0.6) is 5.75 Å². The van der Waals surface area contributed by atoms with E-state index in [0.717, 1.165) is 5.56 Å². The van der Waals surface area contributed by atoms with Crippen LogP contribution < -0.4 is 26.6 Å². The van der Waals surface area contributed by atoms with Crippen molar-refractivity contribution in [2.24, 2.45) is 5.84 Å². The average molecular weight is 356 g/mol. The topological polar surface area (TPSA) is 123 Å². The van der Waals surface area contributed by atoms with Crippen LogP contribution in [0.3, 0.4) is 0 Å². The Morgan fingerprint density at radius 1 is 0.962 bits per heavy atom. The standard InChI is InChI=1S/C18H20N4O4/c1-26-15-5-3-2-4-14(15)21-18(25)17(24)20-13-9-6-12(7-10-13)8-11-16(23)22-19/h2-7,9-10H,8,11,19H2,1H3,(H,20,24)(H,21,25)(H,22,23). The Balaban J connectivity index is 1.92. The summed E-state index contributed by atoms with van der Waals surface area (Å²) >= 11 is 0. The first-order valence-electron chi connectivity index (χ1n) is 7.87. The molecule has 0 saturated carbocycles. The molecule has 26 heavy (non-hydrogen) atoms. The van der Waals surface area contributed by atoms with E-state index < -0.39 is 11.8 Å². The molecule has 0 fully saturated rings. The fourth-order valence-corrected chi connectivity index (χ4v) is 2.20. The molecule has 3 amide bonds. The number of methoxy groups -OCH3 is 1. The van der Waals surface area contributed by atoms with Gasteiger partial charge in [0.2, 0.25) is 5.91 Å². The van der Waals surface area contributed by atoms with Gasteiger partial charge in [-0.1, -0.05) is 24.3 Å². The summed E-state index contributed by atoms with van der Waals surface area (Å²) in [7, 11) is 1.48. The van der Waals surface area contributed by atoms with Gasteiger partial charge < -0.3 is 15.4 Å². The van der Waals surface area contributed by atoms with Crippen LogP contribution in [0.15, 0.2) is 48.5 Å². The Morgan fingerprint density at radius 3 is 2.27 bits per heavy atom. The van der Waals surface area contributed by atoms with E-state index in [9.17, 15) is 14.4 Å². The Bertz CT molecular complexity index is 790. The van der Waals surface area contributed by atoms with Crippen LogP contribution in [0.2, 0.25) is 0 Å². The SMILES string of the molecule is COc1ccccc1NC(=O)C(=O)Nc1ccc(CCC(=O)NN)cc1. The van der Waals surface area contributed by atoms with E-state index in [1.165, 1.54) is 7.11 Å². The van der Waals surface area contributed by atoms with E-state index in [4.69, 9.17) is 10.6 Å². The molecule has 0 aliphatic rings. The maximum atomic E-state index is 12.0. The number of rotatable bonds is 6. The number of carbonyl (C=O) groups excluding carboxylic acids is 3. The van der Waals surface area contributed by atoms with E-state index in [0.29, 0.717) is 23.5 Å². The first-order valence-corrected chi connectivity index (χ1v) is 7.87. The summed E-state index contributed by atoms with van der Waals surface area (Å²) in [5.41, 5.74) is 3.85. The smallest absolute Gasteiger partial charge is 0.314 e. The first kappa shape index (κ1) is 18.9. The van der Waals surface area contributed by atoms with Crippen molar-refractivity contribution >= 4 is 29.1 Å². The van der Waals surface area contributed by atoms with Crippen LogP contribution in [0.1, 0.15) is 12.0 Å². The quantitative estimate of drug-likeness (QED) is 0.268. The van der Waals surface area contributed by atoms with Crippen molar-refractivity contribution in [2.45, 2.75) is 12.8 Å². The van der Waals surface area contributed by atoms with E-state index in [1.807, 2.05) is 0 Å². The number of aryl methyl sites for hydroxylation is 1. The molecule has 8 nitrogen and oxygen atoms in total. The summed E-state index contributed by atoms with van der Waals surface area (Å²) in [5.74, 6) is 3.62. The Morgan fingerprint density at radius 2 is 1.62 bits per heavy atom. The molecular formula is C18H20N4O4. The maximum absolute atomic E-state index is 12.0. The lowest BCUT2D eigenvalue weighted by Gasteiger charge is -2.10. The highest BCUT2D eigenvalue weighted by atomic mass is 16.5. The highest BCUT2D eigenvalue weighted by Crippen LogP contribution is 2.22. The lowest BCUT2D eigenvalue weighted by Crippen LogP contribution is -2.30. The van der Waals surface area contributed by atoms with E-state index in [1.54, 1.807) is 48.5 Å². The number of para-hydroxylation sites is 2. The number of hydrogen-bond acceptors (Lipinski definition) is 5. The molecule has 5 N–H and O–H groups in total. The third-order valence-corrected chi connectivity index (χ3v) is 3.57. The molecule has 0 heterocycles. The molecular weight excluding hydrogens is 336 g/mol. The zero-order chi connectivity index (χ0) is 18.9. The third-order valence-electron chi connectivity index (χ3n) is 3.57.